The van der Waals surface area contributed by atoms with E-state index in [1.807, 2.05) is 6.92 Å². The summed E-state index contributed by atoms with van der Waals surface area (Å²) in [4.78, 5) is 41.9. The molecule has 0 bridgehead atoms. The topological polar surface area (TPSA) is 117 Å². The number of imidazole rings is 1. The Morgan fingerprint density at radius 3 is 2.67 bits per heavy atom. The number of hydrogen-bond donors (Lipinski definition) is 1. The number of amides is 1. The van der Waals surface area contributed by atoms with E-state index in [1.54, 1.807) is 20.0 Å². The number of aromatic nitrogens is 5. The molecule has 3 rings (SSSR count). The van der Waals surface area contributed by atoms with Gasteiger partial charge in [0.05, 0.1) is 6.33 Å². The van der Waals surface area contributed by atoms with E-state index in [4.69, 9.17) is 4.52 Å². The Morgan fingerprint density at radius 2 is 2.04 bits per heavy atom. The van der Waals surface area contributed by atoms with Crippen LogP contribution in [0.5, 0.6) is 0 Å². The SMILES string of the molecule is CCCC[C@@H](C(=O)Nc1cc(C)on1)n1cnc2c1c(=O)n(C)c(=O)n2C. The van der Waals surface area contributed by atoms with Crippen LogP contribution in [0, 0.1) is 6.92 Å². The molecule has 10 heteroatoms. The Bertz CT molecular complexity index is 1100. The van der Waals surface area contributed by atoms with Gasteiger partial charge in [0.15, 0.2) is 17.0 Å². The molecule has 0 aliphatic heterocycles. The van der Waals surface area contributed by atoms with Crippen LogP contribution in [0.4, 0.5) is 5.82 Å². The Balaban J connectivity index is 2.09. The van der Waals surface area contributed by atoms with Crippen LogP contribution < -0.4 is 16.6 Å². The molecule has 0 aromatic carbocycles. The van der Waals surface area contributed by atoms with Crippen molar-refractivity contribution in [2.45, 2.75) is 39.2 Å². The van der Waals surface area contributed by atoms with Crippen LogP contribution in [0.15, 0.2) is 26.5 Å². The fraction of sp³-hybridized carbons (Fsp3) is 0.471. The molecule has 0 aliphatic carbocycles. The molecular weight excluding hydrogens is 352 g/mol. The highest BCUT2D eigenvalue weighted by atomic mass is 16.5. The van der Waals surface area contributed by atoms with Gasteiger partial charge >= 0.3 is 5.69 Å². The van der Waals surface area contributed by atoms with Crippen molar-refractivity contribution in [2.24, 2.45) is 14.1 Å². The largest absolute Gasteiger partial charge is 0.360 e. The number of nitrogens with one attached hydrogen (secondary N) is 1. The molecule has 3 aromatic heterocycles. The maximum atomic E-state index is 12.9. The molecule has 1 N–H and O–H groups in total. The molecule has 1 atom stereocenters. The highest BCUT2D eigenvalue weighted by molar-refractivity contribution is 5.93. The number of hydrogen-bond acceptors (Lipinski definition) is 6. The van der Waals surface area contributed by atoms with Gasteiger partial charge in [0, 0.05) is 20.2 Å². The van der Waals surface area contributed by atoms with E-state index >= 15 is 0 Å². The van der Waals surface area contributed by atoms with Crippen LogP contribution in [0.2, 0.25) is 0 Å². The van der Waals surface area contributed by atoms with Gasteiger partial charge in [0.1, 0.15) is 11.8 Å². The monoisotopic (exact) mass is 374 g/mol. The minimum Gasteiger partial charge on any atom is -0.360 e. The summed E-state index contributed by atoms with van der Waals surface area (Å²) in [6.45, 7) is 3.75. The van der Waals surface area contributed by atoms with Crippen molar-refractivity contribution in [3.05, 3.63) is 39.0 Å². The van der Waals surface area contributed by atoms with Crippen molar-refractivity contribution < 1.29 is 9.32 Å². The third-order valence-corrected chi connectivity index (χ3v) is 4.52. The average molecular weight is 374 g/mol. The summed E-state index contributed by atoms with van der Waals surface area (Å²) in [5.41, 5.74) is -0.496. The minimum atomic E-state index is -0.669. The number of rotatable bonds is 6. The summed E-state index contributed by atoms with van der Waals surface area (Å²) in [5.74, 6) is 0.558. The van der Waals surface area contributed by atoms with Gasteiger partial charge in [0.25, 0.3) is 5.56 Å². The molecule has 1 amide bonds. The maximum absolute atomic E-state index is 12.9. The van der Waals surface area contributed by atoms with Gasteiger partial charge < -0.3 is 14.4 Å². The zero-order valence-corrected chi connectivity index (χ0v) is 15.7. The number of nitrogens with zero attached hydrogens (tertiary/aromatic N) is 5. The Hall–Kier alpha value is -3.17. The van der Waals surface area contributed by atoms with E-state index in [0.29, 0.717) is 18.0 Å². The highest BCUT2D eigenvalue weighted by Crippen LogP contribution is 2.21. The lowest BCUT2D eigenvalue weighted by atomic mass is 10.1. The zero-order chi connectivity index (χ0) is 19.7. The molecule has 10 nitrogen and oxygen atoms in total. The summed E-state index contributed by atoms with van der Waals surface area (Å²) in [5, 5.41) is 6.49. The van der Waals surface area contributed by atoms with Crippen LogP contribution in [-0.4, -0.2) is 29.7 Å². The second-order valence-electron chi connectivity index (χ2n) is 6.50. The summed E-state index contributed by atoms with van der Waals surface area (Å²) >= 11 is 0. The van der Waals surface area contributed by atoms with Gasteiger partial charge in [-0.25, -0.2) is 9.78 Å². The first kappa shape index (κ1) is 18.6. The first-order valence-corrected chi connectivity index (χ1v) is 8.71. The highest BCUT2D eigenvalue weighted by Gasteiger charge is 2.25. The maximum Gasteiger partial charge on any atom is 0.332 e. The fourth-order valence-electron chi connectivity index (χ4n) is 3.03. The molecule has 0 fully saturated rings. The number of anilines is 1. The summed E-state index contributed by atoms with van der Waals surface area (Å²) in [6, 6.07) is 0.945. The second kappa shape index (κ2) is 7.22. The number of aryl methyl sites for hydroxylation is 2. The minimum absolute atomic E-state index is 0.215. The smallest absolute Gasteiger partial charge is 0.332 e. The predicted octanol–water partition coefficient (Wildman–Crippen LogP) is 1.10. The van der Waals surface area contributed by atoms with E-state index in [-0.39, 0.29) is 17.1 Å². The first-order chi connectivity index (χ1) is 12.8. The van der Waals surface area contributed by atoms with Gasteiger partial charge in [-0.2, -0.15) is 0 Å². The standard InChI is InChI=1S/C17H22N6O4/c1-5-6-7-11(15(24)19-12-8-10(2)27-20-12)23-9-18-14-13(23)16(25)22(4)17(26)21(14)3/h8-9,11H,5-7H2,1-4H3,(H,19,20,24)/t11-/m0/s1. The number of carbonyl (C=O) groups excluding carboxylic acids is 1. The Morgan fingerprint density at radius 1 is 1.30 bits per heavy atom. The molecule has 144 valence electrons. The lowest BCUT2D eigenvalue weighted by Gasteiger charge is -2.18. The molecule has 0 unspecified atom stereocenters. The molecule has 0 aliphatic rings. The Kier molecular flexibility index (Phi) is 4.98. The Labute approximate surface area is 154 Å². The molecule has 0 radical (unpaired) electrons. The third-order valence-electron chi connectivity index (χ3n) is 4.52. The fourth-order valence-corrected chi connectivity index (χ4v) is 3.03. The molecule has 27 heavy (non-hydrogen) atoms. The van der Waals surface area contributed by atoms with Crippen molar-refractivity contribution in [3.63, 3.8) is 0 Å². The molecule has 0 spiro atoms. The molecule has 3 heterocycles. The van der Waals surface area contributed by atoms with Crippen molar-refractivity contribution in [1.82, 2.24) is 23.8 Å². The van der Waals surface area contributed by atoms with Crippen LogP contribution in [0.1, 0.15) is 38.0 Å². The summed E-state index contributed by atoms with van der Waals surface area (Å²) in [6.07, 6.45) is 3.60. The molecule has 0 saturated carbocycles. The normalized spacial score (nSPS) is 12.4. The van der Waals surface area contributed by atoms with Crippen LogP contribution in [-0.2, 0) is 18.9 Å². The lowest BCUT2D eigenvalue weighted by molar-refractivity contribution is -0.119. The second-order valence-corrected chi connectivity index (χ2v) is 6.50. The van der Waals surface area contributed by atoms with E-state index < -0.39 is 17.3 Å². The van der Waals surface area contributed by atoms with Crippen molar-refractivity contribution in [2.75, 3.05) is 5.32 Å². The van der Waals surface area contributed by atoms with Crippen molar-refractivity contribution in [1.29, 1.82) is 0 Å². The van der Waals surface area contributed by atoms with Gasteiger partial charge in [-0.1, -0.05) is 24.9 Å². The molecule has 0 saturated heterocycles. The van der Waals surface area contributed by atoms with Gasteiger partial charge in [-0.05, 0) is 13.3 Å². The van der Waals surface area contributed by atoms with Crippen LogP contribution in [0.3, 0.4) is 0 Å². The summed E-state index contributed by atoms with van der Waals surface area (Å²) < 4.78 is 8.82. The first-order valence-electron chi connectivity index (χ1n) is 8.71. The number of unbranched alkanes of at least 4 members (excludes halogenated alkanes) is 1. The van der Waals surface area contributed by atoms with E-state index in [2.05, 4.69) is 15.5 Å². The summed E-state index contributed by atoms with van der Waals surface area (Å²) in [7, 11) is 2.95. The van der Waals surface area contributed by atoms with Crippen LogP contribution >= 0.6 is 0 Å². The average Bonchev–Trinajstić information content (AvgIpc) is 3.25. The van der Waals surface area contributed by atoms with Crippen molar-refractivity contribution in [3.8, 4) is 0 Å². The number of carbonyl (C=O) groups is 1. The van der Waals surface area contributed by atoms with E-state index in [0.717, 1.165) is 17.4 Å². The number of fused-ring (bicyclic) bond motifs is 1. The van der Waals surface area contributed by atoms with Crippen molar-refractivity contribution >= 4 is 22.9 Å². The van der Waals surface area contributed by atoms with Gasteiger partial charge in [-0.3, -0.25) is 18.7 Å². The quantitative estimate of drug-likeness (QED) is 0.690. The van der Waals surface area contributed by atoms with Crippen LogP contribution in [0.25, 0.3) is 11.2 Å². The van der Waals surface area contributed by atoms with E-state index in [9.17, 15) is 14.4 Å². The van der Waals surface area contributed by atoms with E-state index in [1.165, 1.54) is 22.5 Å². The predicted molar refractivity (Wildman–Crippen MR) is 98.6 cm³/mol. The van der Waals surface area contributed by atoms with Gasteiger partial charge in [-0.15, -0.1) is 0 Å². The third kappa shape index (κ3) is 3.29. The molecular formula is C17H22N6O4. The zero-order valence-electron chi connectivity index (χ0n) is 15.7. The lowest BCUT2D eigenvalue weighted by Crippen LogP contribution is -2.38. The van der Waals surface area contributed by atoms with Gasteiger partial charge in [0.2, 0.25) is 5.91 Å². The molecule has 3 aromatic rings.